The van der Waals surface area contributed by atoms with Gasteiger partial charge in [0.15, 0.2) is 0 Å². The Morgan fingerprint density at radius 1 is 1.08 bits per heavy atom. The zero-order valence-electron chi connectivity index (χ0n) is 14.2. The summed E-state index contributed by atoms with van der Waals surface area (Å²) >= 11 is 0. The molecule has 1 aromatic heterocycles. The molecule has 1 heterocycles. The quantitative estimate of drug-likeness (QED) is 0.757. The van der Waals surface area contributed by atoms with Crippen molar-refractivity contribution < 1.29 is 4.79 Å². The number of rotatable bonds is 3. The topological polar surface area (TPSA) is 84.0 Å². The third-order valence-corrected chi connectivity index (χ3v) is 4.89. The number of amides is 1. The molecule has 6 nitrogen and oxygen atoms in total. The second kappa shape index (κ2) is 6.63. The van der Waals surface area contributed by atoms with Crippen LogP contribution in [0.1, 0.15) is 30.0 Å². The number of hydrogen-bond acceptors (Lipinski definition) is 3. The van der Waals surface area contributed by atoms with Gasteiger partial charge in [-0.3, -0.25) is 19.5 Å². The van der Waals surface area contributed by atoms with E-state index in [9.17, 15) is 14.4 Å². The number of fused-ring (bicyclic) bond motifs is 2. The van der Waals surface area contributed by atoms with Crippen molar-refractivity contribution in [1.82, 2.24) is 15.1 Å². The highest BCUT2D eigenvalue weighted by Gasteiger charge is 2.21. The summed E-state index contributed by atoms with van der Waals surface area (Å²) in [6.07, 6.45) is 2.89. The van der Waals surface area contributed by atoms with Crippen LogP contribution < -0.4 is 16.4 Å². The second-order valence-electron chi connectivity index (χ2n) is 6.59. The lowest BCUT2D eigenvalue weighted by Crippen LogP contribution is -2.38. The largest absolute Gasteiger partial charge is 0.348 e. The Hall–Kier alpha value is -3.15. The van der Waals surface area contributed by atoms with E-state index >= 15 is 0 Å². The normalized spacial score (nSPS) is 16.2. The maximum absolute atomic E-state index is 12.5. The van der Waals surface area contributed by atoms with Crippen LogP contribution in [0.15, 0.2) is 58.1 Å². The number of aryl methyl sites for hydroxylation is 1. The van der Waals surface area contributed by atoms with Crippen LogP contribution in [0.3, 0.4) is 0 Å². The number of nitrogens with zero attached hydrogens (tertiary/aromatic N) is 1. The predicted molar refractivity (Wildman–Crippen MR) is 99.1 cm³/mol. The first-order chi connectivity index (χ1) is 12.6. The van der Waals surface area contributed by atoms with Crippen molar-refractivity contribution in [3.63, 3.8) is 0 Å². The van der Waals surface area contributed by atoms with Crippen molar-refractivity contribution in [3.05, 3.63) is 80.4 Å². The Morgan fingerprint density at radius 3 is 2.65 bits per heavy atom. The monoisotopic (exact) mass is 349 g/mol. The van der Waals surface area contributed by atoms with E-state index < -0.39 is 0 Å². The van der Waals surface area contributed by atoms with Gasteiger partial charge in [-0.25, -0.2) is 4.68 Å². The van der Waals surface area contributed by atoms with Crippen LogP contribution in [0.4, 0.5) is 0 Å². The molecule has 0 spiro atoms. The molecule has 1 amide bonds. The molecule has 0 radical (unpaired) electrons. The number of aromatic amines is 1. The lowest BCUT2D eigenvalue weighted by Gasteiger charge is -2.26. The summed E-state index contributed by atoms with van der Waals surface area (Å²) in [6.45, 7) is -0.211. The molecule has 0 saturated carbocycles. The fraction of sp³-hybridized carbons (Fsp3) is 0.250. The molecule has 3 aromatic rings. The van der Waals surface area contributed by atoms with Crippen LogP contribution in [0.5, 0.6) is 0 Å². The molecule has 4 rings (SSSR count). The Balaban J connectivity index is 1.58. The van der Waals surface area contributed by atoms with E-state index in [0.29, 0.717) is 10.8 Å². The molecular formula is C20H19N3O3. The molecule has 1 atom stereocenters. The Bertz CT molecular complexity index is 1100. The molecule has 6 heteroatoms. The van der Waals surface area contributed by atoms with Gasteiger partial charge < -0.3 is 5.32 Å². The number of benzene rings is 2. The zero-order valence-corrected chi connectivity index (χ0v) is 14.2. The summed E-state index contributed by atoms with van der Waals surface area (Å²) in [7, 11) is 0. The summed E-state index contributed by atoms with van der Waals surface area (Å²) in [5.74, 6) is -0.292. The summed E-state index contributed by atoms with van der Waals surface area (Å²) in [6, 6.07) is 14.6. The third kappa shape index (κ3) is 2.94. The predicted octanol–water partition coefficient (Wildman–Crippen LogP) is 1.88. The maximum atomic E-state index is 12.5. The summed E-state index contributed by atoms with van der Waals surface area (Å²) in [5.41, 5.74) is 1.63. The average molecular weight is 349 g/mol. The lowest BCUT2D eigenvalue weighted by molar-refractivity contribution is -0.122. The molecule has 2 N–H and O–H groups in total. The van der Waals surface area contributed by atoms with Gasteiger partial charge in [-0.2, -0.15) is 0 Å². The van der Waals surface area contributed by atoms with Crippen LogP contribution >= 0.6 is 0 Å². The number of carbonyl (C=O) groups is 1. The van der Waals surface area contributed by atoms with E-state index in [0.717, 1.165) is 29.5 Å². The highest BCUT2D eigenvalue weighted by Crippen LogP contribution is 2.29. The van der Waals surface area contributed by atoms with Gasteiger partial charge in [-0.15, -0.1) is 0 Å². The SMILES string of the molecule is O=C(Cn1[nH]c(=O)c2ccccc2c1=O)NC1CCCc2ccccc21. The smallest absolute Gasteiger partial charge is 0.273 e. The molecule has 1 aliphatic carbocycles. The van der Waals surface area contributed by atoms with Gasteiger partial charge in [0, 0.05) is 0 Å². The van der Waals surface area contributed by atoms with E-state index in [1.807, 2.05) is 18.2 Å². The van der Waals surface area contributed by atoms with Crippen molar-refractivity contribution in [2.24, 2.45) is 0 Å². The maximum Gasteiger partial charge on any atom is 0.273 e. The van der Waals surface area contributed by atoms with Crippen LogP contribution in [-0.4, -0.2) is 15.7 Å². The van der Waals surface area contributed by atoms with Gasteiger partial charge in [0.05, 0.1) is 16.8 Å². The van der Waals surface area contributed by atoms with Crippen LogP contribution in [-0.2, 0) is 17.8 Å². The van der Waals surface area contributed by atoms with Gasteiger partial charge >= 0.3 is 0 Å². The second-order valence-corrected chi connectivity index (χ2v) is 6.59. The van der Waals surface area contributed by atoms with Gasteiger partial charge in [0.2, 0.25) is 5.91 Å². The van der Waals surface area contributed by atoms with E-state index in [1.165, 1.54) is 5.56 Å². The van der Waals surface area contributed by atoms with E-state index in [1.54, 1.807) is 24.3 Å². The third-order valence-electron chi connectivity index (χ3n) is 4.89. The molecule has 0 saturated heterocycles. The average Bonchev–Trinajstić information content (AvgIpc) is 2.66. The van der Waals surface area contributed by atoms with E-state index in [2.05, 4.69) is 16.5 Å². The number of hydrogen-bond donors (Lipinski definition) is 2. The van der Waals surface area contributed by atoms with Crippen molar-refractivity contribution >= 4 is 16.7 Å². The number of nitrogens with one attached hydrogen (secondary N) is 2. The first kappa shape index (κ1) is 16.3. The molecule has 1 unspecified atom stereocenters. The number of aromatic nitrogens is 2. The molecule has 0 fully saturated rings. The minimum Gasteiger partial charge on any atom is -0.348 e. The first-order valence-electron chi connectivity index (χ1n) is 8.72. The van der Waals surface area contributed by atoms with Crippen molar-refractivity contribution in [2.45, 2.75) is 31.8 Å². The molecule has 0 aliphatic heterocycles. The van der Waals surface area contributed by atoms with Gasteiger partial charge in [0.1, 0.15) is 6.54 Å². The number of carbonyl (C=O) groups excluding carboxylic acids is 1. The minimum absolute atomic E-state index is 0.0599. The fourth-order valence-corrected chi connectivity index (χ4v) is 3.65. The molecule has 0 bridgehead atoms. The molecule has 2 aromatic carbocycles. The van der Waals surface area contributed by atoms with Crippen molar-refractivity contribution in [1.29, 1.82) is 0 Å². The lowest BCUT2D eigenvalue weighted by atomic mass is 9.88. The van der Waals surface area contributed by atoms with Gasteiger partial charge in [0.25, 0.3) is 11.1 Å². The van der Waals surface area contributed by atoms with Crippen molar-refractivity contribution in [3.8, 4) is 0 Å². The summed E-state index contributed by atoms with van der Waals surface area (Å²) in [5, 5.41) is 6.13. The standard InChI is InChI=1S/C20H19N3O3/c24-18(21-17-11-5-7-13-6-1-2-8-14(13)17)12-23-20(26)16-10-4-3-9-15(16)19(25)22-23/h1-4,6,8-10,17H,5,7,11-12H2,(H,21,24)(H,22,25). The van der Waals surface area contributed by atoms with Gasteiger partial charge in [-0.1, -0.05) is 36.4 Å². The molecular weight excluding hydrogens is 330 g/mol. The Kier molecular flexibility index (Phi) is 4.16. The Labute approximate surface area is 149 Å². The molecule has 132 valence electrons. The summed E-state index contributed by atoms with van der Waals surface area (Å²) < 4.78 is 1.08. The van der Waals surface area contributed by atoms with Gasteiger partial charge in [-0.05, 0) is 42.5 Å². The Morgan fingerprint density at radius 2 is 1.81 bits per heavy atom. The highest BCUT2D eigenvalue weighted by atomic mass is 16.2. The number of H-pyrrole nitrogens is 1. The fourth-order valence-electron chi connectivity index (χ4n) is 3.65. The first-order valence-corrected chi connectivity index (χ1v) is 8.72. The highest BCUT2D eigenvalue weighted by molar-refractivity contribution is 5.81. The van der Waals surface area contributed by atoms with Crippen LogP contribution in [0, 0.1) is 0 Å². The van der Waals surface area contributed by atoms with Crippen LogP contribution in [0.25, 0.3) is 10.8 Å². The zero-order chi connectivity index (χ0) is 18.1. The minimum atomic E-state index is -0.379. The van der Waals surface area contributed by atoms with Crippen molar-refractivity contribution in [2.75, 3.05) is 0 Å². The summed E-state index contributed by atoms with van der Waals surface area (Å²) in [4.78, 5) is 37.2. The molecule has 1 aliphatic rings. The van der Waals surface area contributed by atoms with Crippen LogP contribution in [0.2, 0.25) is 0 Å². The molecule has 26 heavy (non-hydrogen) atoms. The van der Waals surface area contributed by atoms with E-state index in [4.69, 9.17) is 0 Å². The van der Waals surface area contributed by atoms with E-state index in [-0.39, 0.29) is 29.6 Å².